The van der Waals surface area contributed by atoms with Crippen molar-refractivity contribution in [1.29, 1.82) is 0 Å². The minimum atomic E-state index is -3.39. The van der Waals surface area contributed by atoms with Gasteiger partial charge in [0, 0.05) is 13.1 Å². The Balaban J connectivity index is 2.66. The molecule has 0 aliphatic heterocycles. The summed E-state index contributed by atoms with van der Waals surface area (Å²) in [5, 5.41) is 3.03. The lowest BCUT2D eigenvalue weighted by atomic mass is 10.2. The highest BCUT2D eigenvalue weighted by Crippen LogP contribution is 2.11. The third-order valence-electron chi connectivity index (χ3n) is 2.69. The van der Waals surface area contributed by atoms with E-state index >= 15 is 0 Å². The zero-order valence-electron chi connectivity index (χ0n) is 11.6. The Bertz CT molecular complexity index is 472. The highest BCUT2D eigenvalue weighted by atomic mass is 32.2. The van der Waals surface area contributed by atoms with Crippen LogP contribution in [0.3, 0.4) is 0 Å². The maximum Gasteiger partial charge on any atom is 0.240 e. The molecule has 0 aliphatic carbocycles. The topological polar surface area (TPSA) is 58.2 Å². The van der Waals surface area contributed by atoms with Crippen molar-refractivity contribution < 1.29 is 8.42 Å². The summed E-state index contributed by atoms with van der Waals surface area (Å²) in [7, 11) is -1.52. The average molecular weight is 302 g/mol. The van der Waals surface area contributed by atoms with Gasteiger partial charge in [0.1, 0.15) is 0 Å². The molecular formula is C13H22N2O2S2. The standard InChI is InChI=1S/C13H22N2O2S2/c1-11(10-18-3)8-15-19(16,17)13-6-4-12(5-7-13)9-14-2/h4-7,11,14-15H,8-10H2,1-3H3. The summed E-state index contributed by atoms with van der Waals surface area (Å²) in [6.07, 6.45) is 2.02. The molecule has 108 valence electrons. The van der Waals surface area contributed by atoms with Gasteiger partial charge in [0.2, 0.25) is 10.0 Å². The number of hydrogen-bond acceptors (Lipinski definition) is 4. The van der Waals surface area contributed by atoms with E-state index in [2.05, 4.69) is 10.0 Å². The van der Waals surface area contributed by atoms with Gasteiger partial charge in [-0.2, -0.15) is 11.8 Å². The predicted molar refractivity (Wildman–Crippen MR) is 81.9 cm³/mol. The molecule has 0 aromatic heterocycles. The van der Waals surface area contributed by atoms with Crippen molar-refractivity contribution in [2.75, 3.05) is 25.6 Å². The van der Waals surface area contributed by atoms with Crippen molar-refractivity contribution >= 4 is 21.8 Å². The molecule has 4 nitrogen and oxygen atoms in total. The second-order valence-corrected chi connectivity index (χ2v) is 7.26. The van der Waals surface area contributed by atoms with Gasteiger partial charge in [-0.3, -0.25) is 0 Å². The van der Waals surface area contributed by atoms with Crippen LogP contribution in [0, 0.1) is 5.92 Å². The van der Waals surface area contributed by atoms with E-state index in [1.165, 1.54) is 0 Å². The van der Waals surface area contributed by atoms with E-state index in [9.17, 15) is 8.42 Å². The van der Waals surface area contributed by atoms with E-state index in [0.29, 0.717) is 17.4 Å². The summed E-state index contributed by atoms with van der Waals surface area (Å²) in [6.45, 7) is 3.25. The molecular weight excluding hydrogens is 280 g/mol. The number of nitrogens with one attached hydrogen (secondary N) is 2. The molecule has 0 saturated carbocycles. The Kier molecular flexibility index (Phi) is 6.85. The van der Waals surface area contributed by atoms with E-state index in [1.54, 1.807) is 23.9 Å². The van der Waals surface area contributed by atoms with Crippen molar-refractivity contribution in [2.45, 2.75) is 18.4 Å². The molecule has 0 aliphatic rings. The largest absolute Gasteiger partial charge is 0.316 e. The van der Waals surface area contributed by atoms with Gasteiger partial charge in [0.25, 0.3) is 0 Å². The van der Waals surface area contributed by atoms with E-state index in [1.807, 2.05) is 32.4 Å². The summed E-state index contributed by atoms with van der Waals surface area (Å²) < 4.78 is 26.8. The van der Waals surface area contributed by atoms with Gasteiger partial charge in [-0.25, -0.2) is 13.1 Å². The van der Waals surface area contributed by atoms with Crippen LogP contribution in [0.1, 0.15) is 12.5 Å². The molecule has 0 bridgehead atoms. The summed E-state index contributed by atoms with van der Waals surface area (Å²) in [5.41, 5.74) is 1.07. The third kappa shape index (κ3) is 5.52. The molecule has 0 spiro atoms. The molecule has 0 heterocycles. The van der Waals surface area contributed by atoms with Gasteiger partial charge in [-0.15, -0.1) is 0 Å². The molecule has 0 saturated heterocycles. The van der Waals surface area contributed by atoms with E-state index in [0.717, 1.165) is 17.9 Å². The van der Waals surface area contributed by atoms with Crippen molar-refractivity contribution in [3.8, 4) is 0 Å². The molecule has 0 radical (unpaired) electrons. The second-order valence-electron chi connectivity index (χ2n) is 4.59. The lowest BCUT2D eigenvalue weighted by Crippen LogP contribution is -2.29. The number of hydrogen-bond donors (Lipinski definition) is 2. The minimum absolute atomic E-state index is 0.323. The van der Waals surface area contributed by atoms with Gasteiger partial charge in [0.15, 0.2) is 0 Å². The first-order chi connectivity index (χ1) is 8.99. The van der Waals surface area contributed by atoms with Crippen LogP contribution in [0.5, 0.6) is 0 Å². The van der Waals surface area contributed by atoms with Crippen molar-refractivity contribution in [1.82, 2.24) is 10.0 Å². The van der Waals surface area contributed by atoms with Crippen LogP contribution in [-0.2, 0) is 16.6 Å². The second kappa shape index (κ2) is 7.89. The highest BCUT2D eigenvalue weighted by molar-refractivity contribution is 7.98. The maximum atomic E-state index is 12.1. The maximum absolute atomic E-state index is 12.1. The van der Waals surface area contributed by atoms with Crippen LogP contribution >= 0.6 is 11.8 Å². The predicted octanol–water partition coefficient (Wildman–Crippen LogP) is 1.68. The van der Waals surface area contributed by atoms with Gasteiger partial charge in [-0.1, -0.05) is 19.1 Å². The van der Waals surface area contributed by atoms with Crippen LogP contribution < -0.4 is 10.0 Å². The zero-order valence-corrected chi connectivity index (χ0v) is 13.3. The normalized spacial score (nSPS) is 13.4. The summed E-state index contributed by atoms with van der Waals surface area (Å²) in [6, 6.07) is 6.95. The number of sulfonamides is 1. The van der Waals surface area contributed by atoms with Gasteiger partial charge in [-0.05, 0) is 42.7 Å². The molecule has 1 atom stereocenters. The van der Waals surface area contributed by atoms with Crippen LogP contribution in [0.25, 0.3) is 0 Å². The Morgan fingerprint density at radius 1 is 1.26 bits per heavy atom. The fraction of sp³-hybridized carbons (Fsp3) is 0.538. The fourth-order valence-electron chi connectivity index (χ4n) is 1.67. The molecule has 1 aromatic carbocycles. The zero-order chi connectivity index (χ0) is 14.3. The van der Waals surface area contributed by atoms with E-state index < -0.39 is 10.0 Å². The van der Waals surface area contributed by atoms with Crippen LogP contribution in [0.15, 0.2) is 29.2 Å². The first-order valence-corrected chi connectivity index (χ1v) is 9.09. The minimum Gasteiger partial charge on any atom is -0.316 e. The van der Waals surface area contributed by atoms with Gasteiger partial charge >= 0.3 is 0 Å². The first-order valence-electron chi connectivity index (χ1n) is 6.21. The van der Waals surface area contributed by atoms with Crippen LogP contribution in [0.2, 0.25) is 0 Å². The smallest absolute Gasteiger partial charge is 0.240 e. The first kappa shape index (κ1) is 16.5. The monoisotopic (exact) mass is 302 g/mol. The molecule has 19 heavy (non-hydrogen) atoms. The number of rotatable bonds is 8. The van der Waals surface area contributed by atoms with E-state index in [4.69, 9.17) is 0 Å². The molecule has 2 N–H and O–H groups in total. The quantitative estimate of drug-likeness (QED) is 0.767. The molecule has 0 amide bonds. The number of thioether (sulfide) groups is 1. The van der Waals surface area contributed by atoms with Crippen molar-refractivity contribution in [3.63, 3.8) is 0 Å². The number of benzene rings is 1. The van der Waals surface area contributed by atoms with Crippen molar-refractivity contribution in [3.05, 3.63) is 29.8 Å². The molecule has 1 unspecified atom stereocenters. The molecule has 1 rings (SSSR count). The average Bonchev–Trinajstić information content (AvgIpc) is 2.38. The van der Waals surface area contributed by atoms with Gasteiger partial charge < -0.3 is 5.32 Å². The molecule has 6 heteroatoms. The lowest BCUT2D eigenvalue weighted by Gasteiger charge is -2.12. The molecule has 1 aromatic rings. The summed E-state index contributed by atoms with van der Waals surface area (Å²) >= 11 is 1.72. The Morgan fingerprint density at radius 2 is 1.89 bits per heavy atom. The fourth-order valence-corrected chi connectivity index (χ4v) is 3.52. The summed E-state index contributed by atoms with van der Waals surface area (Å²) in [4.78, 5) is 0.323. The summed E-state index contributed by atoms with van der Waals surface area (Å²) in [5.74, 6) is 1.28. The SMILES string of the molecule is CNCc1ccc(S(=O)(=O)NCC(C)CSC)cc1. The van der Waals surface area contributed by atoms with Gasteiger partial charge in [0.05, 0.1) is 4.90 Å². The Morgan fingerprint density at radius 3 is 2.42 bits per heavy atom. The van der Waals surface area contributed by atoms with E-state index in [-0.39, 0.29) is 0 Å². The van der Waals surface area contributed by atoms with Crippen LogP contribution in [-0.4, -0.2) is 34.0 Å². The molecule has 0 fully saturated rings. The Hall–Kier alpha value is -0.560. The highest BCUT2D eigenvalue weighted by Gasteiger charge is 2.14. The van der Waals surface area contributed by atoms with Crippen molar-refractivity contribution in [2.24, 2.45) is 5.92 Å². The van der Waals surface area contributed by atoms with Crippen LogP contribution in [0.4, 0.5) is 0 Å². The Labute approximate surface area is 120 Å². The lowest BCUT2D eigenvalue weighted by molar-refractivity contribution is 0.562. The third-order valence-corrected chi connectivity index (χ3v) is 5.03.